The van der Waals surface area contributed by atoms with Crippen LogP contribution in [-0.2, 0) is 10.8 Å². The van der Waals surface area contributed by atoms with E-state index < -0.39 is 0 Å². The quantitative estimate of drug-likeness (QED) is 0.321. The van der Waals surface area contributed by atoms with Gasteiger partial charge in [-0.1, -0.05) is 68.4 Å². The first kappa shape index (κ1) is 19.3. The van der Waals surface area contributed by atoms with Crippen molar-refractivity contribution in [1.29, 1.82) is 0 Å². The molecule has 0 radical (unpaired) electrons. The number of nitrogens with one attached hydrogen (secondary N) is 1. The third kappa shape index (κ3) is 2.44. The fourth-order valence-corrected chi connectivity index (χ4v) is 5.99. The average molecular weight is 418 g/mol. The van der Waals surface area contributed by atoms with Crippen molar-refractivity contribution >= 4 is 38.6 Å². The van der Waals surface area contributed by atoms with Crippen molar-refractivity contribution < 1.29 is 4.58 Å². The summed E-state index contributed by atoms with van der Waals surface area (Å²) in [5.74, 6) is 0. The summed E-state index contributed by atoms with van der Waals surface area (Å²) in [7, 11) is 2.21. The van der Waals surface area contributed by atoms with Crippen LogP contribution in [0.3, 0.4) is 0 Å². The van der Waals surface area contributed by atoms with Crippen molar-refractivity contribution in [1.82, 2.24) is 0 Å². The number of hydrogen-bond donors (Lipinski definition) is 1. The van der Waals surface area contributed by atoms with E-state index in [1.54, 1.807) is 0 Å². The first-order chi connectivity index (χ1) is 15.3. The number of anilines is 1. The fourth-order valence-electron chi connectivity index (χ4n) is 5.99. The Morgan fingerprint density at radius 2 is 1.28 bits per heavy atom. The molecule has 0 saturated heterocycles. The number of hydrogen-bond acceptors (Lipinski definition) is 1. The number of rotatable bonds is 1. The Kier molecular flexibility index (Phi) is 3.81. The molecule has 158 valence electrons. The molecule has 4 aromatic rings. The van der Waals surface area contributed by atoms with Gasteiger partial charge in [-0.2, -0.15) is 4.58 Å². The molecule has 0 aromatic heterocycles. The molecule has 0 aliphatic carbocycles. The van der Waals surface area contributed by atoms with Crippen molar-refractivity contribution in [2.45, 2.75) is 38.5 Å². The maximum absolute atomic E-state index is 3.78. The average Bonchev–Trinajstić information content (AvgIpc) is 3.16. The minimum atomic E-state index is -0.100. The van der Waals surface area contributed by atoms with E-state index in [-0.39, 0.29) is 10.8 Å². The summed E-state index contributed by atoms with van der Waals surface area (Å²) in [6.07, 6.45) is 2.41. The topological polar surface area (TPSA) is 15.0 Å². The summed E-state index contributed by atoms with van der Waals surface area (Å²) in [5.41, 5.74) is 7.74. The van der Waals surface area contributed by atoms with Gasteiger partial charge in [0.2, 0.25) is 5.69 Å². The van der Waals surface area contributed by atoms with E-state index in [9.17, 15) is 0 Å². The van der Waals surface area contributed by atoms with Crippen molar-refractivity contribution in [2.75, 3.05) is 12.4 Å². The lowest BCUT2D eigenvalue weighted by molar-refractivity contribution is -0.401. The van der Waals surface area contributed by atoms with Gasteiger partial charge < -0.3 is 5.32 Å². The monoisotopic (exact) mass is 417 g/mol. The van der Waals surface area contributed by atoms with Gasteiger partial charge in [-0.3, -0.25) is 0 Å². The molecule has 2 aliphatic rings. The molecule has 1 N–H and O–H groups in total. The van der Waals surface area contributed by atoms with Gasteiger partial charge in [0.1, 0.15) is 7.05 Å². The molecule has 0 spiro atoms. The molecule has 4 aromatic carbocycles. The number of fused-ring (bicyclic) bond motifs is 6. The summed E-state index contributed by atoms with van der Waals surface area (Å²) in [6.45, 7) is 9.40. The number of allylic oxidation sites excluding steroid dienone is 2. The third-order valence-electron chi connectivity index (χ3n) is 7.67. The molecule has 0 atom stereocenters. The minimum absolute atomic E-state index is 0.0907. The van der Waals surface area contributed by atoms with Gasteiger partial charge in [-0.15, -0.1) is 0 Å². The fraction of sp³-hybridized carbons (Fsp3) is 0.233. The van der Waals surface area contributed by atoms with Crippen LogP contribution in [0.1, 0.15) is 38.8 Å². The lowest BCUT2D eigenvalue weighted by atomic mass is 9.76. The first-order valence-corrected chi connectivity index (χ1v) is 11.4. The number of nitrogens with zero attached hydrogens (tertiary/aromatic N) is 1. The Morgan fingerprint density at radius 3 is 1.97 bits per heavy atom. The van der Waals surface area contributed by atoms with E-state index in [1.165, 1.54) is 55.5 Å². The smallest absolute Gasteiger partial charge is 0.210 e. The lowest BCUT2D eigenvalue weighted by Gasteiger charge is -2.23. The molecule has 2 nitrogen and oxygen atoms in total. The molecule has 0 bridgehead atoms. The molecule has 2 aliphatic heterocycles. The predicted octanol–water partition coefficient (Wildman–Crippen LogP) is 7.29. The van der Waals surface area contributed by atoms with Crippen LogP contribution in [0.4, 0.5) is 11.4 Å². The van der Waals surface area contributed by atoms with E-state index in [0.717, 1.165) is 0 Å². The van der Waals surface area contributed by atoms with Crippen LogP contribution in [0.25, 0.3) is 21.5 Å². The maximum atomic E-state index is 3.78. The van der Waals surface area contributed by atoms with Gasteiger partial charge >= 0.3 is 0 Å². The molecule has 0 fully saturated rings. The Morgan fingerprint density at radius 1 is 0.688 bits per heavy atom. The normalized spacial score (nSPS) is 19.5. The van der Waals surface area contributed by atoms with Crippen LogP contribution in [-0.4, -0.2) is 17.3 Å². The zero-order chi connectivity index (χ0) is 22.3. The van der Waals surface area contributed by atoms with Gasteiger partial charge in [-0.25, -0.2) is 0 Å². The molecular formula is C30H29N2+. The van der Waals surface area contributed by atoms with Gasteiger partial charge in [-0.05, 0) is 53.1 Å². The molecule has 0 unspecified atom stereocenters. The SMILES string of the molecule is C[N+]1=C(C=C2Nc3ccc4ccccc4c3C2(C)C)C(C)(C)c2c1ccc1ccccc21. The highest BCUT2D eigenvalue weighted by molar-refractivity contribution is 6.08. The summed E-state index contributed by atoms with van der Waals surface area (Å²) >= 11 is 0. The van der Waals surface area contributed by atoms with Crippen LogP contribution in [0, 0.1) is 0 Å². The van der Waals surface area contributed by atoms with Crippen LogP contribution in [0.2, 0.25) is 0 Å². The van der Waals surface area contributed by atoms with Crippen molar-refractivity contribution in [2.24, 2.45) is 0 Å². The van der Waals surface area contributed by atoms with E-state index in [4.69, 9.17) is 0 Å². The van der Waals surface area contributed by atoms with E-state index in [0.29, 0.717) is 0 Å². The highest BCUT2D eigenvalue weighted by Gasteiger charge is 2.46. The molecule has 0 amide bonds. The summed E-state index contributed by atoms with van der Waals surface area (Å²) < 4.78 is 2.38. The van der Waals surface area contributed by atoms with Gasteiger partial charge in [0, 0.05) is 34.5 Å². The molecule has 32 heavy (non-hydrogen) atoms. The number of benzene rings is 4. The zero-order valence-corrected chi connectivity index (χ0v) is 19.5. The second-order valence-corrected chi connectivity index (χ2v) is 10.3. The maximum Gasteiger partial charge on any atom is 0.210 e. The second kappa shape index (κ2) is 6.32. The molecular weight excluding hydrogens is 388 g/mol. The Hall–Kier alpha value is -3.39. The zero-order valence-electron chi connectivity index (χ0n) is 19.5. The lowest BCUT2D eigenvalue weighted by Crippen LogP contribution is -2.29. The highest BCUT2D eigenvalue weighted by Crippen LogP contribution is 2.49. The Balaban J connectivity index is 1.53. The van der Waals surface area contributed by atoms with E-state index in [1.807, 2.05) is 0 Å². The molecule has 6 rings (SSSR count). The van der Waals surface area contributed by atoms with Gasteiger partial charge in [0.15, 0.2) is 5.71 Å². The van der Waals surface area contributed by atoms with Crippen molar-refractivity contribution in [3.63, 3.8) is 0 Å². The minimum Gasteiger partial charge on any atom is -0.358 e. The van der Waals surface area contributed by atoms with Crippen molar-refractivity contribution in [3.05, 3.63) is 95.7 Å². The van der Waals surface area contributed by atoms with Gasteiger partial charge in [0.25, 0.3) is 0 Å². The van der Waals surface area contributed by atoms with Crippen LogP contribution >= 0.6 is 0 Å². The van der Waals surface area contributed by atoms with Crippen LogP contribution in [0.5, 0.6) is 0 Å². The van der Waals surface area contributed by atoms with E-state index >= 15 is 0 Å². The summed E-state index contributed by atoms with van der Waals surface area (Å²) in [4.78, 5) is 0. The molecule has 2 heteroatoms. The largest absolute Gasteiger partial charge is 0.358 e. The first-order valence-electron chi connectivity index (χ1n) is 11.4. The molecule has 0 saturated carbocycles. The van der Waals surface area contributed by atoms with Gasteiger partial charge in [0.05, 0.1) is 5.41 Å². The predicted molar refractivity (Wildman–Crippen MR) is 137 cm³/mol. The van der Waals surface area contributed by atoms with Crippen LogP contribution in [0.15, 0.2) is 84.6 Å². The van der Waals surface area contributed by atoms with E-state index in [2.05, 4.69) is 124 Å². The Labute approximate surface area is 189 Å². The van der Waals surface area contributed by atoms with Crippen LogP contribution < -0.4 is 5.32 Å². The van der Waals surface area contributed by atoms with Crippen molar-refractivity contribution in [3.8, 4) is 0 Å². The second-order valence-electron chi connectivity index (χ2n) is 10.3. The summed E-state index contributed by atoms with van der Waals surface area (Å²) in [5, 5.41) is 9.07. The summed E-state index contributed by atoms with van der Waals surface area (Å²) in [6, 6.07) is 26.5. The highest BCUT2D eigenvalue weighted by atomic mass is 15.0. The standard InChI is InChI=1S/C30H28N2/c1-29(2)25(31-23-16-14-19-10-6-8-12-21(19)27(23)29)18-26-30(3,4)28-22-13-9-7-11-20(22)15-17-24(28)32(26)5/h6-18H,1-5H3/p+1. The molecule has 2 heterocycles. The third-order valence-corrected chi connectivity index (χ3v) is 7.67. The Bertz CT molecular complexity index is 1500.